The second-order valence-electron chi connectivity index (χ2n) is 5.01. The molecule has 0 saturated carbocycles. The van der Waals surface area contributed by atoms with E-state index in [2.05, 4.69) is 17.6 Å². The van der Waals surface area contributed by atoms with Gasteiger partial charge in [0.15, 0.2) is 0 Å². The SMILES string of the molecule is CCCCNC(=O)c1cccc(NC(=O)c2ccccc2)c1. The molecule has 0 atom stereocenters. The van der Waals surface area contributed by atoms with E-state index in [1.54, 1.807) is 36.4 Å². The molecule has 0 spiro atoms. The molecule has 0 aliphatic heterocycles. The largest absolute Gasteiger partial charge is 0.352 e. The first kappa shape index (κ1) is 15.8. The molecular weight excluding hydrogens is 276 g/mol. The van der Waals surface area contributed by atoms with E-state index < -0.39 is 0 Å². The Kier molecular flexibility index (Phi) is 5.72. The smallest absolute Gasteiger partial charge is 0.255 e. The van der Waals surface area contributed by atoms with Crippen molar-refractivity contribution in [3.8, 4) is 0 Å². The van der Waals surface area contributed by atoms with Crippen LogP contribution in [0.3, 0.4) is 0 Å². The van der Waals surface area contributed by atoms with Gasteiger partial charge in [0.25, 0.3) is 11.8 Å². The topological polar surface area (TPSA) is 58.2 Å². The van der Waals surface area contributed by atoms with Gasteiger partial charge in [-0.3, -0.25) is 9.59 Å². The van der Waals surface area contributed by atoms with Crippen LogP contribution in [-0.2, 0) is 0 Å². The van der Waals surface area contributed by atoms with Gasteiger partial charge in [-0.2, -0.15) is 0 Å². The minimum atomic E-state index is -0.191. The van der Waals surface area contributed by atoms with Crippen molar-refractivity contribution in [2.75, 3.05) is 11.9 Å². The third kappa shape index (κ3) is 4.45. The molecule has 0 aliphatic carbocycles. The second-order valence-corrected chi connectivity index (χ2v) is 5.01. The van der Waals surface area contributed by atoms with Gasteiger partial charge in [0, 0.05) is 23.4 Å². The van der Waals surface area contributed by atoms with E-state index in [0.717, 1.165) is 12.8 Å². The number of hydrogen-bond donors (Lipinski definition) is 2. The number of benzene rings is 2. The molecule has 0 unspecified atom stereocenters. The first-order valence-electron chi connectivity index (χ1n) is 7.45. The van der Waals surface area contributed by atoms with E-state index in [1.807, 2.05) is 18.2 Å². The minimum absolute atomic E-state index is 0.121. The van der Waals surface area contributed by atoms with Gasteiger partial charge in [-0.25, -0.2) is 0 Å². The maximum absolute atomic E-state index is 12.1. The molecule has 2 aromatic rings. The molecule has 0 radical (unpaired) electrons. The number of amides is 2. The lowest BCUT2D eigenvalue weighted by molar-refractivity contribution is 0.0951. The van der Waals surface area contributed by atoms with Crippen molar-refractivity contribution in [1.82, 2.24) is 5.32 Å². The van der Waals surface area contributed by atoms with Gasteiger partial charge < -0.3 is 10.6 Å². The van der Waals surface area contributed by atoms with Gasteiger partial charge >= 0.3 is 0 Å². The molecule has 2 N–H and O–H groups in total. The highest BCUT2D eigenvalue weighted by molar-refractivity contribution is 6.05. The predicted octanol–water partition coefficient (Wildman–Crippen LogP) is 3.47. The van der Waals surface area contributed by atoms with E-state index in [0.29, 0.717) is 23.4 Å². The Labute approximate surface area is 130 Å². The van der Waals surface area contributed by atoms with Crippen molar-refractivity contribution in [1.29, 1.82) is 0 Å². The van der Waals surface area contributed by atoms with E-state index in [4.69, 9.17) is 0 Å². The highest BCUT2D eigenvalue weighted by Gasteiger charge is 2.08. The predicted molar refractivity (Wildman–Crippen MR) is 88.1 cm³/mol. The quantitative estimate of drug-likeness (QED) is 0.802. The minimum Gasteiger partial charge on any atom is -0.352 e. The van der Waals surface area contributed by atoms with Crippen LogP contribution in [0, 0.1) is 0 Å². The maximum atomic E-state index is 12.1. The van der Waals surface area contributed by atoms with Crippen LogP contribution in [0.4, 0.5) is 5.69 Å². The van der Waals surface area contributed by atoms with Crippen LogP contribution in [0.2, 0.25) is 0 Å². The third-order valence-electron chi connectivity index (χ3n) is 3.23. The summed E-state index contributed by atoms with van der Waals surface area (Å²) in [5, 5.41) is 5.66. The average molecular weight is 296 g/mol. The van der Waals surface area contributed by atoms with Crippen LogP contribution in [0.5, 0.6) is 0 Å². The van der Waals surface area contributed by atoms with Crippen molar-refractivity contribution in [3.05, 3.63) is 65.7 Å². The van der Waals surface area contributed by atoms with Crippen LogP contribution in [-0.4, -0.2) is 18.4 Å². The zero-order valence-corrected chi connectivity index (χ0v) is 12.6. The number of anilines is 1. The van der Waals surface area contributed by atoms with Gasteiger partial charge in [0.2, 0.25) is 0 Å². The van der Waals surface area contributed by atoms with Gasteiger partial charge in [-0.05, 0) is 36.8 Å². The van der Waals surface area contributed by atoms with E-state index in [9.17, 15) is 9.59 Å². The van der Waals surface area contributed by atoms with E-state index >= 15 is 0 Å². The molecule has 0 bridgehead atoms. The Balaban J connectivity index is 2.02. The molecule has 22 heavy (non-hydrogen) atoms. The number of hydrogen-bond acceptors (Lipinski definition) is 2. The van der Waals surface area contributed by atoms with Crippen LogP contribution in [0.1, 0.15) is 40.5 Å². The standard InChI is InChI=1S/C18H20N2O2/c1-2-3-12-19-17(21)15-10-7-11-16(13-15)20-18(22)14-8-5-4-6-9-14/h4-11,13H,2-3,12H2,1H3,(H,19,21)(H,20,22). The van der Waals surface area contributed by atoms with E-state index in [1.165, 1.54) is 0 Å². The van der Waals surface area contributed by atoms with Crippen LogP contribution in [0.25, 0.3) is 0 Å². The first-order valence-corrected chi connectivity index (χ1v) is 7.45. The fraction of sp³-hybridized carbons (Fsp3) is 0.222. The lowest BCUT2D eigenvalue weighted by Crippen LogP contribution is -2.24. The maximum Gasteiger partial charge on any atom is 0.255 e. The Morgan fingerprint density at radius 2 is 1.64 bits per heavy atom. The van der Waals surface area contributed by atoms with Gasteiger partial charge in [0.05, 0.1) is 0 Å². The normalized spacial score (nSPS) is 10.0. The first-order chi connectivity index (χ1) is 10.7. The zero-order valence-electron chi connectivity index (χ0n) is 12.6. The molecule has 0 heterocycles. The molecule has 114 valence electrons. The second kappa shape index (κ2) is 7.98. The lowest BCUT2D eigenvalue weighted by Gasteiger charge is -2.08. The molecule has 0 saturated heterocycles. The molecule has 2 amide bonds. The molecule has 4 nitrogen and oxygen atoms in total. The van der Waals surface area contributed by atoms with Crippen LogP contribution >= 0.6 is 0 Å². The fourth-order valence-corrected chi connectivity index (χ4v) is 2.01. The molecule has 2 rings (SSSR count). The Bertz CT molecular complexity index is 639. The molecule has 2 aromatic carbocycles. The Morgan fingerprint density at radius 1 is 0.909 bits per heavy atom. The lowest BCUT2D eigenvalue weighted by atomic mass is 10.1. The highest BCUT2D eigenvalue weighted by Crippen LogP contribution is 2.12. The number of carbonyl (C=O) groups excluding carboxylic acids is 2. The summed E-state index contributed by atoms with van der Waals surface area (Å²) in [5.41, 5.74) is 1.74. The Hall–Kier alpha value is -2.62. The van der Waals surface area contributed by atoms with Crippen molar-refractivity contribution < 1.29 is 9.59 Å². The highest BCUT2D eigenvalue weighted by atomic mass is 16.2. The summed E-state index contributed by atoms with van der Waals surface area (Å²) >= 11 is 0. The molecule has 0 fully saturated rings. The average Bonchev–Trinajstić information content (AvgIpc) is 2.56. The van der Waals surface area contributed by atoms with Crippen molar-refractivity contribution in [2.24, 2.45) is 0 Å². The number of rotatable bonds is 6. The molecular formula is C18H20N2O2. The summed E-state index contributed by atoms with van der Waals surface area (Å²) in [5.74, 6) is -0.312. The third-order valence-corrected chi connectivity index (χ3v) is 3.23. The number of nitrogens with one attached hydrogen (secondary N) is 2. The van der Waals surface area contributed by atoms with Crippen LogP contribution in [0.15, 0.2) is 54.6 Å². The monoisotopic (exact) mass is 296 g/mol. The van der Waals surface area contributed by atoms with Crippen LogP contribution < -0.4 is 10.6 Å². The van der Waals surface area contributed by atoms with Gasteiger partial charge in [-0.15, -0.1) is 0 Å². The molecule has 4 heteroatoms. The molecule has 0 aromatic heterocycles. The summed E-state index contributed by atoms with van der Waals surface area (Å²) in [6, 6.07) is 15.9. The van der Waals surface area contributed by atoms with E-state index in [-0.39, 0.29) is 11.8 Å². The van der Waals surface area contributed by atoms with Crippen molar-refractivity contribution >= 4 is 17.5 Å². The fourth-order valence-electron chi connectivity index (χ4n) is 2.01. The summed E-state index contributed by atoms with van der Waals surface area (Å²) in [4.78, 5) is 24.1. The zero-order chi connectivity index (χ0) is 15.8. The van der Waals surface area contributed by atoms with Crippen molar-refractivity contribution in [3.63, 3.8) is 0 Å². The number of unbranched alkanes of at least 4 members (excludes halogenated alkanes) is 1. The number of carbonyl (C=O) groups is 2. The Morgan fingerprint density at radius 3 is 2.36 bits per heavy atom. The summed E-state index contributed by atoms with van der Waals surface area (Å²) < 4.78 is 0. The summed E-state index contributed by atoms with van der Waals surface area (Å²) in [6.45, 7) is 2.74. The summed E-state index contributed by atoms with van der Waals surface area (Å²) in [6.07, 6.45) is 1.99. The molecule has 0 aliphatic rings. The van der Waals surface area contributed by atoms with Gasteiger partial charge in [0.1, 0.15) is 0 Å². The summed E-state index contributed by atoms with van der Waals surface area (Å²) in [7, 11) is 0. The van der Waals surface area contributed by atoms with Gasteiger partial charge in [-0.1, -0.05) is 37.6 Å². The van der Waals surface area contributed by atoms with Crippen molar-refractivity contribution in [2.45, 2.75) is 19.8 Å².